The van der Waals surface area contributed by atoms with E-state index in [1.54, 1.807) is 0 Å². The molecule has 48 heavy (non-hydrogen) atoms. The summed E-state index contributed by atoms with van der Waals surface area (Å²) in [6, 6.07) is 63.6. The van der Waals surface area contributed by atoms with Gasteiger partial charge < -0.3 is 4.90 Å². The predicted molar refractivity (Wildman–Crippen MR) is 197 cm³/mol. The zero-order valence-electron chi connectivity index (χ0n) is 26.1. The lowest BCUT2D eigenvalue weighted by Crippen LogP contribution is -2.26. The first-order valence-corrected chi connectivity index (χ1v) is 16.4. The van der Waals surface area contributed by atoms with E-state index < -0.39 is 5.41 Å². The number of hydrogen-bond acceptors (Lipinski definition) is 2. The third-order valence-corrected chi connectivity index (χ3v) is 10.4. The maximum Gasteiger partial charge on any atom is 0.101 e. The van der Waals surface area contributed by atoms with Crippen molar-refractivity contribution >= 4 is 38.6 Å². The number of nitrogens with zero attached hydrogens (tertiary/aromatic N) is 2. The molecule has 0 unspecified atom stereocenters. The second-order valence-corrected chi connectivity index (χ2v) is 12.8. The predicted octanol–water partition coefficient (Wildman–Crippen LogP) is 11.7. The Morgan fingerprint density at radius 1 is 0.438 bits per heavy atom. The van der Waals surface area contributed by atoms with Gasteiger partial charge in [0.1, 0.15) is 6.07 Å². The van der Waals surface area contributed by atoms with Gasteiger partial charge in [-0.3, -0.25) is 0 Å². The van der Waals surface area contributed by atoms with E-state index in [1.807, 2.05) is 42.5 Å². The van der Waals surface area contributed by atoms with Crippen LogP contribution >= 0.6 is 0 Å². The van der Waals surface area contributed by atoms with Gasteiger partial charge in [0.2, 0.25) is 0 Å². The van der Waals surface area contributed by atoms with Crippen LogP contribution in [0.5, 0.6) is 0 Å². The molecule has 2 nitrogen and oxygen atoms in total. The molecule has 2 aliphatic carbocycles. The Balaban J connectivity index is 1.29. The first-order chi connectivity index (χ1) is 23.8. The van der Waals surface area contributed by atoms with Crippen LogP contribution in [-0.4, -0.2) is 0 Å². The molecule has 0 amide bonds. The standard InChI is InChI=1S/C46H28N2/c47-29-33-14-6-11-21-44(33)48(34-15-2-1-3-16-34)35-23-25-36-32(26-35)22-24-39-40-27-30-12-4-5-13-31(30)28-43(40)46(45(36)39)41-19-9-7-17-37(41)38-18-8-10-20-42(38)46/h1-28H. The summed E-state index contributed by atoms with van der Waals surface area (Å²) in [5.41, 5.74) is 13.6. The molecule has 222 valence electrons. The molecular weight excluding hydrogens is 581 g/mol. The molecule has 0 bridgehead atoms. The van der Waals surface area contributed by atoms with E-state index in [2.05, 4.69) is 138 Å². The van der Waals surface area contributed by atoms with Gasteiger partial charge in [-0.1, -0.05) is 121 Å². The Morgan fingerprint density at radius 3 is 1.83 bits per heavy atom. The Morgan fingerprint density at radius 2 is 1.08 bits per heavy atom. The number of para-hydroxylation sites is 2. The van der Waals surface area contributed by atoms with Crippen molar-refractivity contribution in [3.8, 4) is 28.3 Å². The zero-order valence-corrected chi connectivity index (χ0v) is 26.1. The van der Waals surface area contributed by atoms with Crippen molar-refractivity contribution in [3.63, 3.8) is 0 Å². The Bertz CT molecular complexity index is 2600. The molecule has 10 rings (SSSR count). The third-order valence-electron chi connectivity index (χ3n) is 10.4. The number of benzene rings is 8. The lowest BCUT2D eigenvalue weighted by molar-refractivity contribution is 0.802. The topological polar surface area (TPSA) is 27.0 Å². The van der Waals surface area contributed by atoms with Gasteiger partial charge in [0.15, 0.2) is 0 Å². The van der Waals surface area contributed by atoms with Crippen molar-refractivity contribution in [2.75, 3.05) is 4.90 Å². The van der Waals surface area contributed by atoms with Gasteiger partial charge in [-0.05, 0) is 115 Å². The summed E-state index contributed by atoms with van der Waals surface area (Å²) in [5, 5.41) is 15.0. The van der Waals surface area contributed by atoms with E-state index in [4.69, 9.17) is 0 Å². The highest BCUT2D eigenvalue weighted by molar-refractivity contribution is 6.07. The average molecular weight is 609 g/mol. The van der Waals surface area contributed by atoms with Crippen molar-refractivity contribution in [2.45, 2.75) is 5.41 Å². The van der Waals surface area contributed by atoms with Crippen LogP contribution in [0.2, 0.25) is 0 Å². The first-order valence-electron chi connectivity index (χ1n) is 16.4. The summed E-state index contributed by atoms with van der Waals surface area (Å²) in [4.78, 5) is 2.20. The maximum absolute atomic E-state index is 10.1. The molecule has 0 saturated carbocycles. The van der Waals surface area contributed by atoms with E-state index >= 15 is 0 Å². The van der Waals surface area contributed by atoms with Crippen LogP contribution in [0.3, 0.4) is 0 Å². The highest BCUT2D eigenvalue weighted by Crippen LogP contribution is 2.64. The molecule has 0 saturated heterocycles. The molecule has 0 heterocycles. The maximum atomic E-state index is 10.1. The van der Waals surface area contributed by atoms with Crippen molar-refractivity contribution < 1.29 is 0 Å². The molecule has 0 N–H and O–H groups in total. The van der Waals surface area contributed by atoms with Crippen LogP contribution < -0.4 is 4.90 Å². The van der Waals surface area contributed by atoms with Gasteiger partial charge in [-0.15, -0.1) is 0 Å². The Labute approximate surface area is 279 Å². The van der Waals surface area contributed by atoms with Crippen LogP contribution in [-0.2, 0) is 5.41 Å². The van der Waals surface area contributed by atoms with Crippen molar-refractivity contribution in [2.24, 2.45) is 0 Å². The molecule has 0 radical (unpaired) electrons. The van der Waals surface area contributed by atoms with Crippen molar-refractivity contribution in [3.05, 3.63) is 198 Å². The number of nitriles is 1. The van der Waals surface area contributed by atoms with Crippen LogP contribution in [0.1, 0.15) is 27.8 Å². The van der Waals surface area contributed by atoms with Gasteiger partial charge in [-0.25, -0.2) is 0 Å². The lowest BCUT2D eigenvalue weighted by atomic mass is 9.69. The molecule has 0 fully saturated rings. The van der Waals surface area contributed by atoms with Gasteiger partial charge in [0.25, 0.3) is 0 Å². The summed E-state index contributed by atoms with van der Waals surface area (Å²) in [5.74, 6) is 0. The summed E-state index contributed by atoms with van der Waals surface area (Å²) in [6.45, 7) is 0. The fourth-order valence-electron chi connectivity index (χ4n) is 8.55. The zero-order chi connectivity index (χ0) is 31.8. The Kier molecular flexibility index (Phi) is 5.59. The summed E-state index contributed by atoms with van der Waals surface area (Å²) in [7, 11) is 0. The molecular formula is C46H28N2. The van der Waals surface area contributed by atoms with E-state index in [0.29, 0.717) is 5.56 Å². The molecule has 1 spiro atoms. The second-order valence-electron chi connectivity index (χ2n) is 12.8. The highest BCUT2D eigenvalue weighted by Gasteiger charge is 2.52. The first kappa shape index (κ1) is 26.8. The summed E-state index contributed by atoms with van der Waals surface area (Å²) < 4.78 is 0. The molecule has 0 aromatic heterocycles. The van der Waals surface area contributed by atoms with E-state index in [-0.39, 0.29) is 0 Å². The molecule has 0 aliphatic heterocycles. The quantitative estimate of drug-likeness (QED) is 0.199. The van der Waals surface area contributed by atoms with Crippen LogP contribution in [0.4, 0.5) is 17.1 Å². The number of hydrogen-bond donors (Lipinski definition) is 0. The average Bonchev–Trinajstić information content (AvgIpc) is 3.61. The van der Waals surface area contributed by atoms with E-state index in [0.717, 1.165) is 17.1 Å². The van der Waals surface area contributed by atoms with Crippen LogP contribution in [0.25, 0.3) is 43.8 Å². The fourth-order valence-corrected chi connectivity index (χ4v) is 8.55. The van der Waals surface area contributed by atoms with Crippen molar-refractivity contribution in [1.29, 1.82) is 5.26 Å². The smallest absolute Gasteiger partial charge is 0.101 e. The molecule has 8 aromatic carbocycles. The van der Waals surface area contributed by atoms with Gasteiger partial charge in [0.05, 0.1) is 16.7 Å². The minimum Gasteiger partial charge on any atom is -0.309 e. The lowest BCUT2D eigenvalue weighted by Gasteiger charge is -2.32. The number of anilines is 3. The number of fused-ring (bicyclic) bond motifs is 13. The SMILES string of the molecule is N#Cc1ccccc1N(c1ccccc1)c1ccc2c3c(ccc2c1)-c1cc2ccccc2cc1C31c2ccccc2-c2ccccc21. The van der Waals surface area contributed by atoms with Crippen molar-refractivity contribution in [1.82, 2.24) is 0 Å². The van der Waals surface area contributed by atoms with E-state index in [9.17, 15) is 5.26 Å². The van der Waals surface area contributed by atoms with Gasteiger partial charge in [-0.2, -0.15) is 5.26 Å². The molecule has 2 heteroatoms. The highest BCUT2D eigenvalue weighted by atomic mass is 15.1. The minimum atomic E-state index is -0.449. The van der Waals surface area contributed by atoms with Crippen LogP contribution in [0.15, 0.2) is 170 Å². The van der Waals surface area contributed by atoms with Gasteiger partial charge >= 0.3 is 0 Å². The van der Waals surface area contributed by atoms with E-state index in [1.165, 1.54) is 66.1 Å². The molecule has 8 aromatic rings. The van der Waals surface area contributed by atoms with Crippen LogP contribution in [0, 0.1) is 11.3 Å². The fraction of sp³-hybridized carbons (Fsp3) is 0.0217. The normalized spacial score (nSPS) is 13.1. The van der Waals surface area contributed by atoms with Gasteiger partial charge in [0, 0.05) is 11.4 Å². The minimum absolute atomic E-state index is 0.449. The molecule has 2 aliphatic rings. The summed E-state index contributed by atoms with van der Waals surface area (Å²) >= 11 is 0. The number of rotatable bonds is 3. The Hall–Kier alpha value is -6.43. The second kappa shape index (κ2) is 10.0. The third kappa shape index (κ3) is 3.51. The monoisotopic (exact) mass is 608 g/mol. The largest absolute Gasteiger partial charge is 0.309 e. The summed E-state index contributed by atoms with van der Waals surface area (Å²) in [6.07, 6.45) is 0. The molecule has 0 atom stereocenters.